The standard InChI is InChI=1S/C15H17ClN2O2/c1-2-6-18-10-12(16)8-14(18)15(20)17-9-11-4-3-5-13(19)7-11/h3-5,7-8,10,19H,2,6,9H2,1H3,(H,17,20). The maximum atomic E-state index is 12.2. The number of nitrogens with zero attached hydrogens (tertiary/aromatic N) is 1. The number of hydrogen-bond acceptors (Lipinski definition) is 2. The molecule has 0 aliphatic heterocycles. The van der Waals surface area contributed by atoms with E-state index in [2.05, 4.69) is 5.32 Å². The van der Waals surface area contributed by atoms with Crippen molar-refractivity contribution in [1.82, 2.24) is 9.88 Å². The van der Waals surface area contributed by atoms with Gasteiger partial charge >= 0.3 is 0 Å². The minimum absolute atomic E-state index is 0.173. The van der Waals surface area contributed by atoms with Crippen molar-refractivity contribution in [3.8, 4) is 5.75 Å². The predicted octanol–water partition coefficient (Wildman–Crippen LogP) is 3.19. The summed E-state index contributed by atoms with van der Waals surface area (Å²) < 4.78 is 1.85. The number of phenolic OH excluding ortho intramolecular Hbond substituents is 1. The number of aryl methyl sites for hydroxylation is 1. The van der Waals surface area contributed by atoms with E-state index in [1.807, 2.05) is 17.6 Å². The molecule has 1 heterocycles. The summed E-state index contributed by atoms with van der Waals surface area (Å²) in [5.74, 6) is 0.0165. The molecular weight excluding hydrogens is 276 g/mol. The van der Waals surface area contributed by atoms with Gasteiger partial charge in [0.2, 0.25) is 0 Å². The largest absolute Gasteiger partial charge is 0.508 e. The Morgan fingerprint density at radius 2 is 2.20 bits per heavy atom. The summed E-state index contributed by atoms with van der Waals surface area (Å²) in [4.78, 5) is 12.2. The molecule has 0 aliphatic carbocycles. The van der Waals surface area contributed by atoms with Crippen molar-refractivity contribution in [2.45, 2.75) is 26.4 Å². The van der Waals surface area contributed by atoms with Gasteiger partial charge in [-0.2, -0.15) is 0 Å². The highest BCUT2D eigenvalue weighted by atomic mass is 35.5. The van der Waals surface area contributed by atoms with E-state index in [0.717, 1.165) is 18.5 Å². The summed E-state index contributed by atoms with van der Waals surface area (Å²) in [6.07, 6.45) is 2.69. The summed E-state index contributed by atoms with van der Waals surface area (Å²) in [7, 11) is 0. The second kappa shape index (κ2) is 6.48. The van der Waals surface area contributed by atoms with Gasteiger partial charge in [0, 0.05) is 19.3 Å². The molecule has 0 saturated carbocycles. The van der Waals surface area contributed by atoms with Gasteiger partial charge in [-0.15, -0.1) is 0 Å². The van der Waals surface area contributed by atoms with E-state index in [9.17, 15) is 9.90 Å². The van der Waals surface area contributed by atoms with E-state index in [4.69, 9.17) is 11.6 Å². The number of carbonyl (C=O) groups excluding carboxylic acids is 1. The summed E-state index contributed by atoms with van der Waals surface area (Å²) in [5.41, 5.74) is 1.40. The van der Waals surface area contributed by atoms with Gasteiger partial charge in [0.05, 0.1) is 5.02 Å². The number of aromatic nitrogens is 1. The second-order valence-corrected chi connectivity index (χ2v) is 5.03. The summed E-state index contributed by atoms with van der Waals surface area (Å²) >= 11 is 5.95. The Labute approximate surface area is 123 Å². The Bertz CT molecular complexity index is 608. The van der Waals surface area contributed by atoms with Crippen LogP contribution in [0.4, 0.5) is 0 Å². The Morgan fingerprint density at radius 1 is 1.40 bits per heavy atom. The molecule has 2 N–H and O–H groups in total. The maximum absolute atomic E-state index is 12.2. The lowest BCUT2D eigenvalue weighted by molar-refractivity contribution is 0.0941. The minimum atomic E-state index is -0.173. The number of rotatable bonds is 5. The molecule has 0 atom stereocenters. The lowest BCUT2D eigenvalue weighted by atomic mass is 10.2. The monoisotopic (exact) mass is 292 g/mol. The molecule has 0 aliphatic rings. The fraction of sp³-hybridized carbons (Fsp3) is 0.267. The van der Waals surface area contributed by atoms with Crippen molar-refractivity contribution >= 4 is 17.5 Å². The predicted molar refractivity (Wildman–Crippen MR) is 79.0 cm³/mol. The van der Waals surface area contributed by atoms with Gasteiger partial charge < -0.3 is 15.0 Å². The first-order chi connectivity index (χ1) is 9.60. The van der Waals surface area contributed by atoms with Gasteiger partial charge in [0.15, 0.2) is 0 Å². The topological polar surface area (TPSA) is 54.3 Å². The molecule has 0 unspecified atom stereocenters. The quantitative estimate of drug-likeness (QED) is 0.889. The molecule has 0 bridgehead atoms. The number of phenols is 1. The van der Waals surface area contributed by atoms with Gasteiger partial charge in [-0.1, -0.05) is 30.7 Å². The third-order valence-electron chi connectivity index (χ3n) is 2.92. The number of carbonyl (C=O) groups is 1. The molecule has 106 valence electrons. The van der Waals surface area contributed by atoms with Crippen LogP contribution in [0.2, 0.25) is 5.02 Å². The van der Waals surface area contributed by atoms with Crippen LogP contribution >= 0.6 is 11.6 Å². The van der Waals surface area contributed by atoms with Crippen molar-refractivity contribution in [2.75, 3.05) is 0 Å². The van der Waals surface area contributed by atoms with Crippen LogP contribution in [0.25, 0.3) is 0 Å². The number of hydrogen-bond donors (Lipinski definition) is 2. The number of halogens is 1. The molecule has 4 nitrogen and oxygen atoms in total. The van der Waals surface area contributed by atoms with Crippen LogP contribution in [0.1, 0.15) is 29.4 Å². The van der Waals surface area contributed by atoms with E-state index < -0.39 is 0 Å². The smallest absolute Gasteiger partial charge is 0.268 e. The SMILES string of the molecule is CCCn1cc(Cl)cc1C(=O)NCc1cccc(O)c1. The van der Waals surface area contributed by atoms with Crippen molar-refractivity contribution in [3.63, 3.8) is 0 Å². The Kier molecular flexibility index (Phi) is 4.69. The fourth-order valence-corrected chi connectivity index (χ4v) is 2.25. The van der Waals surface area contributed by atoms with E-state index in [1.165, 1.54) is 0 Å². The molecule has 2 aromatic rings. The zero-order valence-corrected chi connectivity index (χ0v) is 12.0. The molecule has 0 radical (unpaired) electrons. The third-order valence-corrected chi connectivity index (χ3v) is 3.13. The van der Waals surface area contributed by atoms with Gasteiger partial charge in [0.25, 0.3) is 5.91 Å². The highest BCUT2D eigenvalue weighted by molar-refractivity contribution is 6.31. The fourth-order valence-electron chi connectivity index (χ4n) is 2.03. The average molecular weight is 293 g/mol. The normalized spacial score (nSPS) is 10.5. The Balaban J connectivity index is 2.05. The van der Waals surface area contributed by atoms with Crippen molar-refractivity contribution in [1.29, 1.82) is 0 Å². The maximum Gasteiger partial charge on any atom is 0.268 e. The highest BCUT2D eigenvalue weighted by Gasteiger charge is 2.12. The van der Waals surface area contributed by atoms with Gasteiger partial charge in [-0.25, -0.2) is 0 Å². The highest BCUT2D eigenvalue weighted by Crippen LogP contribution is 2.15. The van der Waals surface area contributed by atoms with Crippen LogP contribution in [-0.2, 0) is 13.1 Å². The summed E-state index contributed by atoms with van der Waals surface area (Å²) in [5, 5.41) is 12.8. The summed E-state index contributed by atoms with van der Waals surface area (Å²) in [6, 6.07) is 8.47. The van der Waals surface area contributed by atoms with Crippen molar-refractivity contribution in [3.05, 3.63) is 52.8 Å². The Hall–Kier alpha value is -1.94. The van der Waals surface area contributed by atoms with Crippen LogP contribution in [0.3, 0.4) is 0 Å². The van der Waals surface area contributed by atoms with Crippen LogP contribution in [-0.4, -0.2) is 15.6 Å². The van der Waals surface area contributed by atoms with Crippen LogP contribution in [0, 0.1) is 0 Å². The second-order valence-electron chi connectivity index (χ2n) is 4.59. The third kappa shape index (κ3) is 3.54. The first-order valence-electron chi connectivity index (χ1n) is 6.52. The molecule has 2 rings (SSSR count). The molecule has 0 saturated heterocycles. The van der Waals surface area contributed by atoms with Crippen molar-refractivity contribution < 1.29 is 9.90 Å². The van der Waals surface area contributed by atoms with Crippen LogP contribution < -0.4 is 5.32 Å². The molecule has 0 spiro atoms. The molecule has 1 aromatic carbocycles. The molecule has 1 amide bonds. The first kappa shape index (κ1) is 14.5. The molecule has 1 aromatic heterocycles. The van der Waals surface area contributed by atoms with Crippen LogP contribution in [0.15, 0.2) is 36.5 Å². The average Bonchev–Trinajstić information content (AvgIpc) is 2.78. The van der Waals surface area contributed by atoms with Crippen molar-refractivity contribution in [2.24, 2.45) is 0 Å². The lowest BCUT2D eigenvalue weighted by Gasteiger charge is -2.09. The van der Waals surface area contributed by atoms with E-state index in [-0.39, 0.29) is 11.7 Å². The van der Waals surface area contributed by atoms with Gasteiger partial charge in [-0.05, 0) is 30.2 Å². The zero-order chi connectivity index (χ0) is 14.5. The van der Waals surface area contributed by atoms with E-state index in [0.29, 0.717) is 17.3 Å². The van der Waals surface area contributed by atoms with Crippen LogP contribution in [0.5, 0.6) is 5.75 Å². The number of amides is 1. The minimum Gasteiger partial charge on any atom is -0.508 e. The molecule has 20 heavy (non-hydrogen) atoms. The van der Waals surface area contributed by atoms with Gasteiger partial charge in [-0.3, -0.25) is 4.79 Å². The lowest BCUT2D eigenvalue weighted by Crippen LogP contribution is -2.25. The zero-order valence-electron chi connectivity index (χ0n) is 11.3. The molecular formula is C15H17ClN2O2. The van der Waals surface area contributed by atoms with E-state index >= 15 is 0 Å². The summed E-state index contributed by atoms with van der Waals surface area (Å²) in [6.45, 7) is 3.16. The van der Waals surface area contributed by atoms with Gasteiger partial charge in [0.1, 0.15) is 11.4 Å². The number of benzene rings is 1. The molecule has 5 heteroatoms. The first-order valence-corrected chi connectivity index (χ1v) is 6.89. The molecule has 0 fully saturated rings. The number of nitrogens with one attached hydrogen (secondary N) is 1. The Morgan fingerprint density at radius 3 is 2.90 bits per heavy atom. The van der Waals surface area contributed by atoms with E-state index in [1.54, 1.807) is 30.5 Å². The number of aromatic hydroxyl groups is 1.